The molecular formula is C5H7Br3O2S. The van der Waals surface area contributed by atoms with Gasteiger partial charge in [0.05, 0.1) is 15.8 Å². The van der Waals surface area contributed by atoms with Crippen molar-refractivity contribution < 1.29 is 8.42 Å². The van der Waals surface area contributed by atoms with E-state index in [4.69, 9.17) is 0 Å². The van der Waals surface area contributed by atoms with Gasteiger partial charge in [0.1, 0.15) is 0 Å². The molecule has 11 heavy (non-hydrogen) atoms. The molecule has 0 N–H and O–H groups in total. The Balaban J connectivity index is 2.90. The van der Waals surface area contributed by atoms with Crippen LogP contribution >= 0.6 is 47.8 Å². The van der Waals surface area contributed by atoms with E-state index in [1.165, 1.54) is 0 Å². The molecule has 0 radical (unpaired) electrons. The minimum Gasteiger partial charge on any atom is -0.229 e. The Labute approximate surface area is 91.4 Å². The molecule has 1 saturated heterocycles. The molecule has 0 amide bonds. The molecule has 1 aliphatic heterocycles. The van der Waals surface area contributed by atoms with Gasteiger partial charge >= 0.3 is 0 Å². The summed E-state index contributed by atoms with van der Waals surface area (Å²) >= 11 is 10.0. The maximum absolute atomic E-state index is 11.1. The van der Waals surface area contributed by atoms with Gasteiger partial charge in [-0.05, 0) is 0 Å². The molecule has 0 unspecified atom stereocenters. The lowest BCUT2D eigenvalue weighted by Crippen LogP contribution is -2.32. The third-order valence-corrected chi connectivity index (χ3v) is 8.92. The largest absolute Gasteiger partial charge is 0.229 e. The second kappa shape index (κ2) is 3.27. The Kier molecular flexibility index (Phi) is 3.11. The first kappa shape index (κ1) is 10.5. The van der Waals surface area contributed by atoms with Crippen LogP contribution in [-0.4, -0.2) is 34.4 Å². The highest BCUT2D eigenvalue weighted by Gasteiger charge is 2.46. The second-order valence-corrected chi connectivity index (χ2v) is 8.04. The quantitative estimate of drug-likeness (QED) is 0.658. The summed E-state index contributed by atoms with van der Waals surface area (Å²) in [6, 6.07) is 0. The first-order chi connectivity index (χ1) is 4.90. The lowest BCUT2D eigenvalue weighted by Gasteiger charge is -2.19. The van der Waals surface area contributed by atoms with Crippen molar-refractivity contribution in [1.29, 1.82) is 0 Å². The van der Waals surface area contributed by atoms with E-state index in [1.54, 1.807) is 0 Å². The SMILES string of the molecule is O=S1(=O)C[C@H](Br)[C@@](Br)(CBr)C1. The Morgan fingerprint density at radius 1 is 1.55 bits per heavy atom. The fourth-order valence-corrected chi connectivity index (χ4v) is 7.38. The van der Waals surface area contributed by atoms with Gasteiger partial charge in [-0.3, -0.25) is 0 Å². The summed E-state index contributed by atoms with van der Waals surface area (Å²) in [4.78, 5) is 0.0133. The fourth-order valence-electron chi connectivity index (χ4n) is 1.01. The Hall–Kier alpha value is 1.39. The molecule has 0 bridgehead atoms. The molecule has 1 fully saturated rings. The summed E-state index contributed by atoms with van der Waals surface area (Å²) in [7, 11) is -2.84. The highest BCUT2D eigenvalue weighted by Crippen LogP contribution is 2.38. The third kappa shape index (κ3) is 2.19. The molecule has 2 nitrogen and oxygen atoms in total. The first-order valence-corrected chi connectivity index (χ1v) is 7.64. The van der Waals surface area contributed by atoms with Crippen molar-refractivity contribution in [2.45, 2.75) is 9.15 Å². The van der Waals surface area contributed by atoms with Gasteiger partial charge in [-0.1, -0.05) is 47.8 Å². The van der Waals surface area contributed by atoms with Crippen LogP contribution in [0.2, 0.25) is 0 Å². The number of sulfone groups is 1. The van der Waals surface area contributed by atoms with E-state index in [-0.39, 0.29) is 20.7 Å². The van der Waals surface area contributed by atoms with Gasteiger partial charge < -0.3 is 0 Å². The highest BCUT2D eigenvalue weighted by molar-refractivity contribution is 9.14. The Morgan fingerprint density at radius 3 is 2.27 bits per heavy atom. The van der Waals surface area contributed by atoms with Crippen LogP contribution in [0.15, 0.2) is 0 Å². The van der Waals surface area contributed by atoms with E-state index in [9.17, 15) is 8.42 Å². The van der Waals surface area contributed by atoms with Gasteiger partial charge in [0.15, 0.2) is 9.84 Å². The summed E-state index contributed by atoms with van der Waals surface area (Å²) in [5.74, 6) is 0.436. The van der Waals surface area contributed by atoms with Crippen molar-refractivity contribution in [1.82, 2.24) is 0 Å². The lowest BCUT2D eigenvalue weighted by molar-refractivity contribution is 0.601. The molecule has 1 rings (SSSR count). The van der Waals surface area contributed by atoms with Gasteiger partial charge in [-0.25, -0.2) is 8.42 Å². The van der Waals surface area contributed by atoms with Crippen LogP contribution in [0.1, 0.15) is 0 Å². The predicted molar refractivity (Wildman–Crippen MR) is 56.8 cm³/mol. The van der Waals surface area contributed by atoms with Gasteiger partial charge in [0.25, 0.3) is 0 Å². The van der Waals surface area contributed by atoms with E-state index in [0.717, 1.165) is 0 Å². The molecule has 0 aromatic carbocycles. The number of hydrogen-bond acceptors (Lipinski definition) is 2. The van der Waals surface area contributed by atoms with Crippen molar-refractivity contribution in [3.8, 4) is 0 Å². The molecule has 0 spiro atoms. The van der Waals surface area contributed by atoms with E-state index in [1.807, 2.05) is 0 Å². The van der Waals surface area contributed by atoms with Crippen LogP contribution in [0, 0.1) is 0 Å². The minimum atomic E-state index is -2.84. The Morgan fingerprint density at radius 2 is 2.09 bits per heavy atom. The van der Waals surface area contributed by atoms with Crippen LogP contribution in [0.5, 0.6) is 0 Å². The van der Waals surface area contributed by atoms with Crippen molar-refractivity contribution in [2.75, 3.05) is 16.8 Å². The first-order valence-electron chi connectivity index (χ1n) is 2.99. The molecule has 1 heterocycles. The van der Waals surface area contributed by atoms with Crippen LogP contribution in [0.25, 0.3) is 0 Å². The standard InChI is InChI=1S/C5H7Br3O2S/c6-2-5(8)3-11(9,10)1-4(5)7/h4H,1-3H2/t4-,5+/m0/s1. The van der Waals surface area contributed by atoms with E-state index < -0.39 is 9.84 Å². The second-order valence-electron chi connectivity index (χ2n) is 2.69. The molecule has 0 saturated carbocycles. The number of halogens is 3. The van der Waals surface area contributed by atoms with Crippen LogP contribution in [0.3, 0.4) is 0 Å². The van der Waals surface area contributed by atoms with Crippen molar-refractivity contribution in [3.63, 3.8) is 0 Å². The van der Waals surface area contributed by atoms with Crippen molar-refractivity contribution in [2.24, 2.45) is 0 Å². The third-order valence-electron chi connectivity index (χ3n) is 1.64. The predicted octanol–water partition coefficient (Wildman–Crippen LogP) is 1.71. The summed E-state index contributed by atoms with van der Waals surface area (Å²) in [6.07, 6.45) is 0. The molecule has 1 aliphatic rings. The maximum atomic E-state index is 11.1. The molecular weight excluding hydrogens is 364 g/mol. The van der Waals surface area contributed by atoms with E-state index in [2.05, 4.69) is 47.8 Å². The highest BCUT2D eigenvalue weighted by atomic mass is 79.9. The van der Waals surface area contributed by atoms with Crippen molar-refractivity contribution in [3.05, 3.63) is 0 Å². The molecule has 0 aromatic rings. The van der Waals surface area contributed by atoms with Gasteiger partial charge in [-0.15, -0.1) is 0 Å². The molecule has 0 aromatic heterocycles. The van der Waals surface area contributed by atoms with Gasteiger partial charge in [0.2, 0.25) is 0 Å². The van der Waals surface area contributed by atoms with Crippen molar-refractivity contribution >= 4 is 57.6 Å². The van der Waals surface area contributed by atoms with E-state index in [0.29, 0.717) is 5.33 Å². The summed E-state index contributed by atoms with van der Waals surface area (Å²) < 4.78 is 22.0. The maximum Gasteiger partial charge on any atom is 0.152 e. The molecule has 6 heteroatoms. The van der Waals surface area contributed by atoms with Crippen LogP contribution < -0.4 is 0 Å². The summed E-state index contributed by atoms with van der Waals surface area (Å²) in [5.41, 5.74) is 0. The van der Waals surface area contributed by atoms with Gasteiger partial charge in [0, 0.05) is 10.2 Å². The minimum absolute atomic E-state index is 0.0133. The average molecular weight is 371 g/mol. The average Bonchev–Trinajstić information content (AvgIpc) is 2.03. The normalized spacial score (nSPS) is 42.6. The number of alkyl halides is 3. The molecule has 66 valence electrons. The smallest absolute Gasteiger partial charge is 0.152 e. The zero-order valence-corrected chi connectivity index (χ0v) is 11.1. The summed E-state index contributed by atoms with van der Waals surface area (Å²) in [6.45, 7) is 0. The van der Waals surface area contributed by atoms with Crippen LogP contribution in [-0.2, 0) is 9.84 Å². The molecule has 0 aliphatic carbocycles. The summed E-state index contributed by atoms with van der Waals surface area (Å²) in [5, 5.41) is 0.648. The zero-order chi connectivity index (χ0) is 8.70. The van der Waals surface area contributed by atoms with Gasteiger partial charge in [-0.2, -0.15) is 0 Å². The zero-order valence-electron chi connectivity index (χ0n) is 5.56. The molecule has 2 atom stereocenters. The number of rotatable bonds is 1. The number of hydrogen-bond donors (Lipinski definition) is 0. The van der Waals surface area contributed by atoms with Crippen LogP contribution in [0.4, 0.5) is 0 Å². The Bertz CT molecular complexity index is 250. The fraction of sp³-hybridized carbons (Fsp3) is 1.00. The lowest BCUT2D eigenvalue weighted by atomic mass is 10.2. The topological polar surface area (TPSA) is 34.1 Å². The monoisotopic (exact) mass is 368 g/mol. The van der Waals surface area contributed by atoms with E-state index >= 15 is 0 Å².